The van der Waals surface area contributed by atoms with Gasteiger partial charge in [0.2, 0.25) is 17.7 Å². The van der Waals surface area contributed by atoms with Crippen molar-refractivity contribution in [2.45, 2.75) is 64.8 Å². The van der Waals surface area contributed by atoms with Crippen molar-refractivity contribution in [1.82, 2.24) is 15.1 Å². The van der Waals surface area contributed by atoms with Gasteiger partial charge in [0.15, 0.2) is 0 Å². The standard InChI is InChI=1S/C25H37N3O3/c1-24-10-8-19-17(5-7-20-25(19,2)11-9-22(30)27(20)3)18(24)6-4-16(24)14-23(31)28-13-12-26-21(29)15-28/h9,11,16-20H,4-8,10,12-15H2,1-3H3,(H,26,29)/t16-,17+,18+,19+,20-,24-,25-/m1/s1. The van der Waals surface area contributed by atoms with Gasteiger partial charge in [-0.3, -0.25) is 14.4 Å². The van der Waals surface area contributed by atoms with Crippen LogP contribution in [0.15, 0.2) is 12.2 Å². The van der Waals surface area contributed by atoms with Crippen LogP contribution in [0.2, 0.25) is 0 Å². The predicted octanol–water partition coefficient (Wildman–Crippen LogP) is 2.59. The van der Waals surface area contributed by atoms with E-state index in [1.54, 1.807) is 11.0 Å². The Balaban J connectivity index is 1.33. The van der Waals surface area contributed by atoms with E-state index in [1.165, 1.54) is 25.7 Å². The second-order valence-electron chi connectivity index (χ2n) is 11.3. The van der Waals surface area contributed by atoms with Crippen LogP contribution in [0, 0.1) is 34.5 Å². The molecule has 0 bridgehead atoms. The molecule has 2 heterocycles. The van der Waals surface area contributed by atoms with Crippen LogP contribution in [0.4, 0.5) is 0 Å². The molecule has 0 aromatic carbocycles. The van der Waals surface area contributed by atoms with Crippen LogP contribution in [0.3, 0.4) is 0 Å². The average Bonchev–Trinajstić information content (AvgIpc) is 3.07. The van der Waals surface area contributed by atoms with Crippen molar-refractivity contribution >= 4 is 17.7 Å². The maximum absolute atomic E-state index is 13.0. The molecule has 0 radical (unpaired) electrons. The molecule has 31 heavy (non-hydrogen) atoms. The number of carbonyl (C=O) groups is 3. The minimum absolute atomic E-state index is 0.0374. The number of nitrogens with one attached hydrogen (secondary N) is 1. The SMILES string of the molecule is CN1C(=O)C=C[C@]2(C)[C@H]3CC[C@]4(C)[C@@H](CC(=O)N5CCNC(=O)C5)CC[C@H]4[C@@H]3CC[C@@H]12. The Morgan fingerprint density at radius 2 is 1.94 bits per heavy atom. The van der Waals surface area contributed by atoms with Crippen molar-refractivity contribution in [3.63, 3.8) is 0 Å². The van der Waals surface area contributed by atoms with Crippen molar-refractivity contribution in [3.8, 4) is 0 Å². The van der Waals surface area contributed by atoms with Gasteiger partial charge in [-0.2, -0.15) is 0 Å². The van der Waals surface area contributed by atoms with Gasteiger partial charge in [0.1, 0.15) is 0 Å². The van der Waals surface area contributed by atoms with E-state index >= 15 is 0 Å². The molecule has 7 atom stereocenters. The molecule has 0 unspecified atom stereocenters. The Hall–Kier alpha value is -1.85. The molecule has 170 valence electrons. The van der Waals surface area contributed by atoms with Crippen LogP contribution in [0.1, 0.15) is 58.8 Å². The summed E-state index contributed by atoms with van der Waals surface area (Å²) >= 11 is 0. The first-order chi connectivity index (χ1) is 14.7. The molecule has 0 aromatic heterocycles. The Labute approximate surface area is 185 Å². The van der Waals surface area contributed by atoms with Crippen molar-refractivity contribution in [2.24, 2.45) is 34.5 Å². The number of carbonyl (C=O) groups excluding carboxylic acids is 3. The van der Waals surface area contributed by atoms with Crippen LogP contribution in [-0.4, -0.2) is 60.2 Å². The zero-order valence-corrected chi connectivity index (χ0v) is 19.2. The molecule has 6 heteroatoms. The van der Waals surface area contributed by atoms with Gasteiger partial charge in [-0.1, -0.05) is 19.9 Å². The summed E-state index contributed by atoms with van der Waals surface area (Å²) in [7, 11) is 1.97. The van der Waals surface area contributed by atoms with Gasteiger partial charge < -0.3 is 15.1 Å². The third kappa shape index (κ3) is 3.15. The molecule has 2 aliphatic heterocycles. The predicted molar refractivity (Wildman–Crippen MR) is 118 cm³/mol. The average molecular weight is 428 g/mol. The molecular weight excluding hydrogens is 390 g/mol. The van der Waals surface area contributed by atoms with Crippen LogP contribution in [0.25, 0.3) is 0 Å². The maximum Gasteiger partial charge on any atom is 0.246 e. The monoisotopic (exact) mass is 427 g/mol. The van der Waals surface area contributed by atoms with Crippen LogP contribution in [0.5, 0.6) is 0 Å². The molecule has 3 saturated carbocycles. The number of fused-ring (bicyclic) bond motifs is 5. The zero-order valence-electron chi connectivity index (χ0n) is 19.2. The van der Waals surface area contributed by atoms with E-state index in [2.05, 4.69) is 25.2 Å². The second-order valence-corrected chi connectivity index (χ2v) is 11.3. The lowest BCUT2D eigenvalue weighted by molar-refractivity contribution is -0.142. The molecule has 3 aliphatic carbocycles. The fraction of sp³-hybridized carbons (Fsp3) is 0.800. The highest BCUT2D eigenvalue weighted by molar-refractivity contribution is 5.89. The quantitative estimate of drug-likeness (QED) is 0.736. The fourth-order valence-corrected chi connectivity index (χ4v) is 8.37. The third-order valence-corrected chi connectivity index (χ3v) is 10.1. The number of nitrogens with zero attached hydrogens (tertiary/aromatic N) is 2. The summed E-state index contributed by atoms with van der Waals surface area (Å²) in [6.45, 7) is 6.26. The number of hydrogen-bond acceptors (Lipinski definition) is 3. The van der Waals surface area contributed by atoms with Gasteiger partial charge in [0.05, 0.1) is 6.54 Å². The topological polar surface area (TPSA) is 69.7 Å². The van der Waals surface area contributed by atoms with E-state index in [9.17, 15) is 14.4 Å². The molecule has 0 spiro atoms. The van der Waals surface area contributed by atoms with E-state index in [1.807, 2.05) is 11.9 Å². The zero-order chi connectivity index (χ0) is 22.0. The smallest absolute Gasteiger partial charge is 0.246 e. The Morgan fingerprint density at radius 1 is 1.13 bits per heavy atom. The lowest BCUT2D eigenvalue weighted by Gasteiger charge is -2.60. The largest absolute Gasteiger partial charge is 0.353 e. The molecule has 4 fully saturated rings. The number of amides is 3. The summed E-state index contributed by atoms with van der Waals surface area (Å²) in [6.07, 6.45) is 11.6. The highest BCUT2D eigenvalue weighted by atomic mass is 16.2. The van der Waals surface area contributed by atoms with Gasteiger partial charge in [0.25, 0.3) is 0 Å². The minimum Gasteiger partial charge on any atom is -0.353 e. The van der Waals surface area contributed by atoms with Gasteiger partial charge >= 0.3 is 0 Å². The summed E-state index contributed by atoms with van der Waals surface area (Å²) in [5, 5.41) is 2.81. The highest BCUT2D eigenvalue weighted by Crippen LogP contribution is 2.66. The lowest BCUT2D eigenvalue weighted by atomic mass is 9.47. The summed E-state index contributed by atoms with van der Waals surface area (Å²) in [5.41, 5.74) is 0.292. The molecule has 0 aromatic rings. The van der Waals surface area contributed by atoms with Crippen LogP contribution in [-0.2, 0) is 14.4 Å². The molecular formula is C25H37N3O3. The first-order valence-electron chi connectivity index (χ1n) is 12.2. The van der Waals surface area contributed by atoms with E-state index in [0.29, 0.717) is 49.2 Å². The van der Waals surface area contributed by atoms with Gasteiger partial charge in [-0.25, -0.2) is 0 Å². The summed E-state index contributed by atoms with van der Waals surface area (Å²) in [6, 6.07) is 0.319. The molecule has 1 N–H and O–H groups in total. The summed E-state index contributed by atoms with van der Waals surface area (Å²) < 4.78 is 0. The van der Waals surface area contributed by atoms with Crippen molar-refractivity contribution in [3.05, 3.63) is 12.2 Å². The summed E-state index contributed by atoms with van der Waals surface area (Å²) in [4.78, 5) is 40.7. The fourth-order valence-electron chi connectivity index (χ4n) is 8.37. The molecule has 1 saturated heterocycles. The second kappa shape index (κ2) is 7.35. The molecule has 5 aliphatic rings. The maximum atomic E-state index is 13.0. The van der Waals surface area contributed by atoms with Crippen LogP contribution >= 0.6 is 0 Å². The summed E-state index contributed by atoms with van der Waals surface area (Å²) in [5.74, 6) is 2.67. The lowest BCUT2D eigenvalue weighted by Crippen LogP contribution is -2.59. The van der Waals surface area contributed by atoms with Gasteiger partial charge in [-0.15, -0.1) is 0 Å². The Morgan fingerprint density at radius 3 is 2.71 bits per heavy atom. The van der Waals surface area contributed by atoms with Gasteiger partial charge in [-0.05, 0) is 73.7 Å². The number of hydrogen-bond donors (Lipinski definition) is 1. The minimum atomic E-state index is -0.0374. The first kappa shape index (κ1) is 21.0. The van der Waals surface area contributed by atoms with Crippen molar-refractivity contribution < 1.29 is 14.4 Å². The number of rotatable bonds is 2. The number of piperazine rings is 1. The van der Waals surface area contributed by atoms with E-state index in [-0.39, 0.29) is 35.1 Å². The normalized spacial score (nSPS) is 44.4. The Bertz CT molecular complexity index is 825. The van der Waals surface area contributed by atoms with Crippen LogP contribution < -0.4 is 5.32 Å². The highest BCUT2D eigenvalue weighted by Gasteiger charge is 2.60. The molecule has 3 amide bonds. The third-order valence-electron chi connectivity index (χ3n) is 10.1. The van der Waals surface area contributed by atoms with Gasteiger partial charge in [0, 0.05) is 38.0 Å². The van der Waals surface area contributed by atoms with E-state index in [4.69, 9.17) is 0 Å². The number of likely N-dealkylation sites (N-methyl/N-ethyl adjacent to an activating group) is 1. The Kier molecular flexibility index (Phi) is 4.98. The van der Waals surface area contributed by atoms with E-state index < -0.39 is 0 Å². The van der Waals surface area contributed by atoms with E-state index in [0.717, 1.165) is 12.8 Å². The van der Waals surface area contributed by atoms with Crippen molar-refractivity contribution in [2.75, 3.05) is 26.7 Å². The molecule has 6 nitrogen and oxygen atoms in total. The first-order valence-corrected chi connectivity index (χ1v) is 12.2. The van der Waals surface area contributed by atoms with Crippen molar-refractivity contribution in [1.29, 1.82) is 0 Å². The molecule has 5 rings (SSSR count).